The maximum atomic E-state index is 13.0. The van der Waals surface area contributed by atoms with Crippen LogP contribution in [0.25, 0.3) is 10.9 Å². The number of aromatic nitrogens is 2. The number of carbonyl (C=O) groups excluding carboxylic acids is 1. The van der Waals surface area contributed by atoms with Gasteiger partial charge in [-0.15, -0.1) is 0 Å². The topological polar surface area (TPSA) is 50.5 Å². The van der Waals surface area contributed by atoms with Crippen LogP contribution in [0.3, 0.4) is 0 Å². The standard InChI is InChI=1S/C17H20N4O/c1-17(5-7-18-8-6-17)12-20-9-10-21-15-13(11-19-21)3-2-4-14(15)16(20)22/h2-4,7,11H,5-6,8-10,12H2,1H3. The molecule has 1 amide bonds. The monoisotopic (exact) mass is 296 g/mol. The molecule has 1 atom stereocenters. The van der Waals surface area contributed by atoms with Crippen molar-refractivity contribution in [3.05, 3.63) is 30.0 Å². The maximum Gasteiger partial charge on any atom is 0.256 e. The lowest BCUT2D eigenvalue weighted by Gasteiger charge is -2.35. The van der Waals surface area contributed by atoms with E-state index in [4.69, 9.17) is 0 Å². The molecule has 2 aromatic rings. The fraction of sp³-hybridized carbons (Fsp3) is 0.471. The van der Waals surface area contributed by atoms with E-state index in [1.165, 1.54) is 0 Å². The first-order valence-electron chi connectivity index (χ1n) is 7.88. The second kappa shape index (κ2) is 4.93. The van der Waals surface area contributed by atoms with Gasteiger partial charge in [0, 0.05) is 25.0 Å². The van der Waals surface area contributed by atoms with Gasteiger partial charge in [0.15, 0.2) is 0 Å². The number of aliphatic imine (C=N–C) groups is 1. The van der Waals surface area contributed by atoms with Gasteiger partial charge in [-0.05, 0) is 30.5 Å². The minimum Gasteiger partial charge on any atom is -0.336 e. The van der Waals surface area contributed by atoms with E-state index in [1.807, 2.05) is 40.2 Å². The van der Waals surface area contributed by atoms with E-state index in [9.17, 15) is 4.79 Å². The first-order chi connectivity index (χ1) is 10.7. The Kier molecular flexibility index (Phi) is 3.03. The molecule has 0 aliphatic carbocycles. The van der Waals surface area contributed by atoms with Crippen LogP contribution in [0.15, 0.2) is 29.4 Å². The zero-order valence-corrected chi connectivity index (χ0v) is 12.8. The third-order valence-corrected chi connectivity index (χ3v) is 4.89. The largest absolute Gasteiger partial charge is 0.336 e. The molecule has 5 nitrogen and oxygen atoms in total. The summed E-state index contributed by atoms with van der Waals surface area (Å²) >= 11 is 0. The Balaban J connectivity index is 1.68. The van der Waals surface area contributed by atoms with Crippen molar-refractivity contribution in [1.82, 2.24) is 14.7 Å². The van der Waals surface area contributed by atoms with Crippen molar-refractivity contribution in [3.63, 3.8) is 0 Å². The molecule has 1 unspecified atom stereocenters. The fourth-order valence-corrected chi connectivity index (χ4v) is 3.54. The smallest absolute Gasteiger partial charge is 0.256 e. The van der Waals surface area contributed by atoms with Crippen LogP contribution in [0.1, 0.15) is 30.1 Å². The van der Waals surface area contributed by atoms with Gasteiger partial charge in [-0.3, -0.25) is 14.5 Å². The van der Waals surface area contributed by atoms with Crippen LogP contribution >= 0.6 is 0 Å². The summed E-state index contributed by atoms with van der Waals surface area (Å²) in [6.45, 7) is 5.40. The number of carbonyl (C=O) groups is 1. The number of hydrogen-bond donors (Lipinski definition) is 0. The Morgan fingerprint density at radius 2 is 2.23 bits per heavy atom. The molecule has 1 aromatic carbocycles. The predicted octanol–water partition coefficient (Wildman–Crippen LogP) is 2.36. The average Bonchev–Trinajstić information content (AvgIpc) is 2.89. The molecular formula is C17H20N4O. The van der Waals surface area contributed by atoms with Crippen LogP contribution in [0, 0.1) is 5.41 Å². The minimum absolute atomic E-state index is 0.133. The molecule has 0 bridgehead atoms. The lowest BCUT2D eigenvalue weighted by Crippen LogP contribution is -2.42. The van der Waals surface area contributed by atoms with Gasteiger partial charge in [-0.25, -0.2) is 0 Å². The van der Waals surface area contributed by atoms with Gasteiger partial charge in [0.1, 0.15) is 0 Å². The van der Waals surface area contributed by atoms with Crippen molar-refractivity contribution in [3.8, 4) is 0 Å². The Morgan fingerprint density at radius 1 is 1.32 bits per heavy atom. The van der Waals surface area contributed by atoms with E-state index in [2.05, 4.69) is 17.0 Å². The van der Waals surface area contributed by atoms with Crippen molar-refractivity contribution in [2.75, 3.05) is 19.6 Å². The number of nitrogens with zero attached hydrogens (tertiary/aromatic N) is 4. The predicted molar refractivity (Wildman–Crippen MR) is 86.3 cm³/mol. The molecule has 0 N–H and O–H groups in total. The van der Waals surface area contributed by atoms with Gasteiger partial charge in [-0.1, -0.05) is 19.1 Å². The molecule has 0 saturated carbocycles. The second-order valence-electron chi connectivity index (χ2n) is 6.69. The van der Waals surface area contributed by atoms with E-state index in [1.54, 1.807) is 0 Å². The number of rotatable bonds is 2. The Morgan fingerprint density at radius 3 is 3.05 bits per heavy atom. The lowest BCUT2D eigenvalue weighted by atomic mass is 9.81. The molecule has 0 fully saturated rings. The van der Waals surface area contributed by atoms with E-state index in [-0.39, 0.29) is 11.3 Å². The van der Waals surface area contributed by atoms with Crippen LogP contribution in [-0.4, -0.2) is 46.4 Å². The molecular weight excluding hydrogens is 276 g/mol. The van der Waals surface area contributed by atoms with Gasteiger partial charge in [0.05, 0.1) is 23.8 Å². The van der Waals surface area contributed by atoms with Crippen molar-refractivity contribution in [2.45, 2.75) is 26.3 Å². The van der Waals surface area contributed by atoms with E-state index < -0.39 is 0 Å². The van der Waals surface area contributed by atoms with Gasteiger partial charge in [-0.2, -0.15) is 5.10 Å². The molecule has 3 heterocycles. The third kappa shape index (κ3) is 2.12. The summed E-state index contributed by atoms with van der Waals surface area (Å²) in [6, 6.07) is 5.89. The molecule has 22 heavy (non-hydrogen) atoms. The van der Waals surface area contributed by atoms with Gasteiger partial charge >= 0.3 is 0 Å². The SMILES string of the molecule is CC1(CN2CCn3ncc4cccc(c43)C2=O)CC=NCC1. The quantitative estimate of drug-likeness (QED) is 0.854. The molecule has 2 aliphatic heterocycles. The molecule has 0 spiro atoms. The number of amides is 1. The summed E-state index contributed by atoms with van der Waals surface area (Å²) in [6.07, 6.45) is 5.85. The maximum absolute atomic E-state index is 13.0. The first-order valence-corrected chi connectivity index (χ1v) is 7.88. The molecule has 0 saturated heterocycles. The van der Waals surface area contributed by atoms with Crippen molar-refractivity contribution in [1.29, 1.82) is 0 Å². The van der Waals surface area contributed by atoms with E-state index in [0.717, 1.165) is 55.5 Å². The summed E-state index contributed by atoms with van der Waals surface area (Å²) in [4.78, 5) is 19.3. The summed E-state index contributed by atoms with van der Waals surface area (Å²) in [5, 5.41) is 5.48. The van der Waals surface area contributed by atoms with E-state index in [0.29, 0.717) is 0 Å². The van der Waals surface area contributed by atoms with Crippen LogP contribution in [0.5, 0.6) is 0 Å². The van der Waals surface area contributed by atoms with Crippen LogP contribution in [0.2, 0.25) is 0 Å². The van der Waals surface area contributed by atoms with Gasteiger partial charge in [0.2, 0.25) is 0 Å². The summed E-state index contributed by atoms with van der Waals surface area (Å²) in [5.74, 6) is 0.133. The van der Waals surface area contributed by atoms with Crippen molar-refractivity contribution >= 4 is 23.0 Å². The second-order valence-corrected chi connectivity index (χ2v) is 6.69. The summed E-state index contributed by atoms with van der Waals surface area (Å²) in [5.41, 5.74) is 1.89. The highest BCUT2D eigenvalue weighted by atomic mass is 16.2. The fourth-order valence-electron chi connectivity index (χ4n) is 3.54. The third-order valence-electron chi connectivity index (χ3n) is 4.89. The summed E-state index contributed by atoms with van der Waals surface area (Å²) in [7, 11) is 0. The number of hydrogen-bond acceptors (Lipinski definition) is 3. The molecule has 114 valence electrons. The molecule has 1 aromatic heterocycles. The lowest BCUT2D eigenvalue weighted by molar-refractivity contribution is 0.0667. The number of benzene rings is 1. The van der Waals surface area contributed by atoms with Crippen molar-refractivity contribution in [2.24, 2.45) is 10.4 Å². The van der Waals surface area contributed by atoms with Crippen LogP contribution in [0.4, 0.5) is 0 Å². The molecule has 0 radical (unpaired) electrons. The first kappa shape index (κ1) is 13.5. The highest BCUT2D eigenvalue weighted by Gasteiger charge is 2.32. The average molecular weight is 296 g/mol. The van der Waals surface area contributed by atoms with E-state index >= 15 is 0 Å². The Bertz CT molecular complexity index is 763. The highest BCUT2D eigenvalue weighted by molar-refractivity contribution is 6.06. The summed E-state index contributed by atoms with van der Waals surface area (Å²) < 4.78 is 1.97. The zero-order valence-electron chi connectivity index (χ0n) is 12.8. The minimum atomic E-state index is 0.133. The van der Waals surface area contributed by atoms with Gasteiger partial charge < -0.3 is 4.90 Å². The van der Waals surface area contributed by atoms with Gasteiger partial charge in [0.25, 0.3) is 5.91 Å². The molecule has 2 aliphatic rings. The van der Waals surface area contributed by atoms with Crippen LogP contribution < -0.4 is 0 Å². The van der Waals surface area contributed by atoms with Crippen LogP contribution in [-0.2, 0) is 6.54 Å². The normalized spacial score (nSPS) is 24.8. The Labute approximate surface area is 129 Å². The van der Waals surface area contributed by atoms with Crippen molar-refractivity contribution < 1.29 is 4.79 Å². The molecule has 4 rings (SSSR count). The zero-order chi connectivity index (χ0) is 15.2. The molecule has 5 heteroatoms. The Hall–Kier alpha value is -2.17. The highest BCUT2D eigenvalue weighted by Crippen LogP contribution is 2.31. The number of para-hydroxylation sites is 1.